The summed E-state index contributed by atoms with van der Waals surface area (Å²) in [6.07, 6.45) is -0.512. The number of hydrogen-bond donors (Lipinski definition) is 2. The van der Waals surface area contributed by atoms with Gasteiger partial charge in [-0.1, -0.05) is 36.4 Å². The van der Waals surface area contributed by atoms with Crippen LogP contribution in [0.25, 0.3) is 21.8 Å². The summed E-state index contributed by atoms with van der Waals surface area (Å²) in [6, 6.07) is 16.6. The SMILES string of the molecule is [CH2-]CN(CCO)CC(O)Cn1c2ccccc2c2ccccc21.[O]=[V]. The maximum atomic E-state index is 10.5. The molecule has 1 heterocycles. The fourth-order valence-electron chi connectivity index (χ4n) is 3.20. The van der Waals surface area contributed by atoms with Crippen molar-refractivity contribution >= 4 is 21.8 Å². The van der Waals surface area contributed by atoms with Crippen molar-refractivity contribution < 1.29 is 31.3 Å². The summed E-state index contributed by atoms with van der Waals surface area (Å²) in [6.45, 7) is 6.07. The zero-order chi connectivity index (χ0) is 18.2. The molecule has 6 heteroatoms. The number of para-hydroxylation sites is 2. The Morgan fingerprint density at radius 2 is 1.56 bits per heavy atom. The van der Waals surface area contributed by atoms with Gasteiger partial charge in [-0.3, -0.25) is 0 Å². The van der Waals surface area contributed by atoms with E-state index < -0.39 is 6.10 Å². The number of fused-ring (bicyclic) bond motifs is 3. The Morgan fingerprint density at radius 1 is 1.04 bits per heavy atom. The molecular weight excluding hydrogens is 355 g/mol. The van der Waals surface area contributed by atoms with Gasteiger partial charge in [-0.2, -0.15) is 0 Å². The van der Waals surface area contributed by atoms with Gasteiger partial charge in [-0.05, 0) is 12.1 Å². The molecular formula is C19H23N2O3V-. The molecule has 1 unspecified atom stereocenters. The van der Waals surface area contributed by atoms with Gasteiger partial charge in [0.1, 0.15) is 0 Å². The van der Waals surface area contributed by atoms with Crippen LogP contribution < -0.4 is 0 Å². The van der Waals surface area contributed by atoms with E-state index in [1.165, 1.54) is 10.8 Å². The third-order valence-corrected chi connectivity index (χ3v) is 4.27. The Balaban J connectivity index is 0.00000109. The topological polar surface area (TPSA) is 65.7 Å². The first-order valence-corrected chi connectivity index (χ1v) is 8.76. The molecule has 0 amide bonds. The average Bonchev–Trinajstić information content (AvgIpc) is 2.97. The van der Waals surface area contributed by atoms with Crippen molar-refractivity contribution in [2.75, 3.05) is 26.2 Å². The Kier molecular flexibility index (Phi) is 7.81. The van der Waals surface area contributed by atoms with Crippen LogP contribution in [0.1, 0.15) is 0 Å². The van der Waals surface area contributed by atoms with Crippen LogP contribution in [0.4, 0.5) is 0 Å². The van der Waals surface area contributed by atoms with Crippen LogP contribution in [0.2, 0.25) is 0 Å². The summed E-state index contributed by atoms with van der Waals surface area (Å²) in [4.78, 5) is 1.96. The van der Waals surface area contributed by atoms with Crippen molar-refractivity contribution in [3.8, 4) is 0 Å². The zero-order valence-corrected chi connectivity index (χ0v) is 15.5. The van der Waals surface area contributed by atoms with E-state index in [1.54, 1.807) is 0 Å². The molecule has 3 aromatic rings. The van der Waals surface area contributed by atoms with Crippen LogP contribution in [-0.2, 0) is 27.6 Å². The summed E-state index contributed by atoms with van der Waals surface area (Å²) in [7, 11) is 0. The molecule has 2 aromatic carbocycles. The number of nitrogens with zero attached hydrogens (tertiary/aromatic N) is 2. The van der Waals surface area contributed by atoms with Crippen molar-refractivity contribution in [2.24, 2.45) is 0 Å². The molecule has 0 fully saturated rings. The molecule has 0 radical (unpaired) electrons. The summed E-state index contributed by atoms with van der Waals surface area (Å²) < 4.78 is 10.4. The number of hydrogen-bond acceptors (Lipinski definition) is 4. The molecule has 1 atom stereocenters. The van der Waals surface area contributed by atoms with E-state index in [0.29, 0.717) is 26.2 Å². The minimum absolute atomic E-state index is 0.0810. The van der Waals surface area contributed by atoms with Gasteiger partial charge in [0.05, 0.1) is 19.3 Å². The third kappa shape index (κ3) is 4.57. The number of aromatic nitrogens is 1. The zero-order valence-electron chi connectivity index (χ0n) is 14.1. The Labute approximate surface area is 157 Å². The maximum absolute atomic E-state index is 10.5. The van der Waals surface area contributed by atoms with E-state index in [1.807, 2.05) is 29.2 Å². The van der Waals surface area contributed by atoms with Gasteiger partial charge in [-0.25, -0.2) is 0 Å². The molecule has 25 heavy (non-hydrogen) atoms. The monoisotopic (exact) mass is 378 g/mol. The molecule has 0 aliphatic rings. The second-order valence-corrected chi connectivity index (χ2v) is 5.82. The van der Waals surface area contributed by atoms with Gasteiger partial charge in [-0.15, -0.1) is 6.54 Å². The van der Waals surface area contributed by atoms with Gasteiger partial charge in [0.25, 0.3) is 0 Å². The van der Waals surface area contributed by atoms with Crippen LogP contribution in [0.3, 0.4) is 0 Å². The van der Waals surface area contributed by atoms with Crippen LogP contribution in [-0.4, -0.2) is 52.0 Å². The van der Waals surface area contributed by atoms with E-state index in [-0.39, 0.29) is 6.61 Å². The Hall–Kier alpha value is -1.50. The van der Waals surface area contributed by atoms with Crippen molar-refractivity contribution in [3.63, 3.8) is 0 Å². The summed E-state index contributed by atoms with van der Waals surface area (Å²) in [5.41, 5.74) is 2.27. The molecule has 0 spiro atoms. The van der Waals surface area contributed by atoms with Gasteiger partial charge >= 0.3 is 21.0 Å². The second kappa shape index (κ2) is 9.85. The molecule has 3 rings (SSSR count). The molecule has 133 valence electrons. The fourth-order valence-corrected chi connectivity index (χ4v) is 3.20. The number of aliphatic hydroxyl groups excluding tert-OH is 2. The quantitative estimate of drug-likeness (QED) is 0.619. The third-order valence-electron chi connectivity index (χ3n) is 4.27. The van der Waals surface area contributed by atoms with E-state index in [4.69, 9.17) is 8.78 Å². The Bertz CT molecular complexity index is 752. The van der Waals surface area contributed by atoms with Crippen LogP contribution >= 0.6 is 0 Å². The molecule has 0 saturated heterocycles. The van der Waals surface area contributed by atoms with E-state index in [2.05, 4.69) is 35.8 Å². The fraction of sp³-hybridized carbons (Fsp3) is 0.316. The van der Waals surface area contributed by atoms with Gasteiger partial charge < -0.3 is 26.6 Å². The van der Waals surface area contributed by atoms with E-state index >= 15 is 0 Å². The van der Waals surface area contributed by atoms with Crippen molar-refractivity contribution in [1.29, 1.82) is 0 Å². The number of aliphatic hydroxyl groups is 2. The number of benzene rings is 2. The van der Waals surface area contributed by atoms with Gasteiger partial charge in [0, 0.05) is 34.9 Å². The molecule has 0 aliphatic heterocycles. The molecule has 0 aliphatic carbocycles. The van der Waals surface area contributed by atoms with Gasteiger partial charge in [0.15, 0.2) is 0 Å². The summed E-state index contributed by atoms with van der Waals surface area (Å²) in [5, 5.41) is 22.0. The predicted molar refractivity (Wildman–Crippen MR) is 95.0 cm³/mol. The first-order chi connectivity index (χ1) is 12.2. The standard InChI is InChI=1S/C19H23N2O2.O.V/c1-2-20(11-12-22)13-15(23)14-21-18-9-5-3-7-16(18)17-8-4-6-10-19(17)21;;/h3-10,15,22-23H,1-2,11-14H2;;/q-1;;. The van der Waals surface area contributed by atoms with Crippen molar-refractivity contribution in [1.82, 2.24) is 9.47 Å². The summed E-state index contributed by atoms with van der Waals surface area (Å²) >= 11 is 1.06. The van der Waals surface area contributed by atoms with Crippen LogP contribution in [0.5, 0.6) is 0 Å². The van der Waals surface area contributed by atoms with Crippen LogP contribution in [0.15, 0.2) is 48.5 Å². The van der Waals surface area contributed by atoms with E-state index in [0.717, 1.165) is 28.4 Å². The van der Waals surface area contributed by atoms with E-state index in [9.17, 15) is 5.11 Å². The molecule has 0 saturated carbocycles. The Morgan fingerprint density at radius 3 is 2.04 bits per heavy atom. The van der Waals surface area contributed by atoms with Crippen molar-refractivity contribution in [2.45, 2.75) is 12.6 Å². The van der Waals surface area contributed by atoms with Crippen molar-refractivity contribution in [3.05, 3.63) is 55.5 Å². The minimum atomic E-state index is -0.512. The molecule has 2 N–H and O–H groups in total. The summed E-state index contributed by atoms with van der Waals surface area (Å²) in [5.74, 6) is 0. The van der Waals surface area contributed by atoms with Crippen LogP contribution in [0, 0.1) is 6.92 Å². The first kappa shape index (κ1) is 19.8. The number of rotatable bonds is 7. The molecule has 0 bridgehead atoms. The normalized spacial score (nSPS) is 12.3. The average molecular weight is 378 g/mol. The predicted octanol–water partition coefficient (Wildman–Crippen LogP) is 2.16. The first-order valence-electron chi connectivity index (χ1n) is 8.19. The molecule has 1 aromatic heterocycles. The second-order valence-electron chi connectivity index (χ2n) is 5.82. The van der Waals surface area contributed by atoms with Gasteiger partial charge in [0.2, 0.25) is 0 Å². The molecule has 5 nitrogen and oxygen atoms in total.